The Morgan fingerprint density at radius 2 is 2.26 bits per heavy atom. The molecule has 0 radical (unpaired) electrons. The van der Waals surface area contributed by atoms with Gasteiger partial charge < -0.3 is 15.0 Å². The predicted molar refractivity (Wildman–Crippen MR) is 63.7 cm³/mol. The van der Waals surface area contributed by atoms with Gasteiger partial charge in [-0.05, 0) is 12.8 Å². The molecule has 0 bridgehead atoms. The number of carbonyl (C=O) groups is 2. The van der Waals surface area contributed by atoms with Crippen molar-refractivity contribution >= 4 is 17.6 Å². The van der Waals surface area contributed by atoms with Crippen LogP contribution < -0.4 is 0 Å². The Hall–Kier alpha value is -2.38. The lowest BCUT2D eigenvalue weighted by Gasteiger charge is -2.30. The van der Waals surface area contributed by atoms with Gasteiger partial charge in [0.2, 0.25) is 0 Å². The van der Waals surface area contributed by atoms with E-state index in [1.165, 1.54) is 4.90 Å². The Bertz CT molecular complexity index is 524. The maximum absolute atomic E-state index is 12.1. The lowest BCUT2D eigenvalue weighted by atomic mass is 9.98. The van der Waals surface area contributed by atoms with Gasteiger partial charge in [-0.1, -0.05) is 0 Å². The molecule has 19 heavy (non-hydrogen) atoms. The summed E-state index contributed by atoms with van der Waals surface area (Å²) in [5.41, 5.74) is -0.0760. The number of aromatic amines is 1. The van der Waals surface area contributed by atoms with Gasteiger partial charge in [-0.3, -0.25) is 19.7 Å². The second kappa shape index (κ2) is 5.09. The molecule has 1 aliphatic rings. The minimum absolute atomic E-state index is 0.109. The van der Waals surface area contributed by atoms with Gasteiger partial charge in [0.05, 0.1) is 17.0 Å². The number of carboxylic acid groups (broad SMARTS) is 1. The summed E-state index contributed by atoms with van der Waals surface area (Å²) >= 11 is 0. The molecule has 1 aromatic rings. The number of piperidine rings is 1. The van der Waals surface area contributed by atoms with E-state index in [9.17, 15) is 19.7 Å². The van der Waals surface area contributed by atoms with Crippen molar-refractivity contribution in [2.24, 2.45) is 5.92 Å². The number of likely N-dealkylation sites (tertiary alicyclic amines) is 1. The number of rotatable bonds is 3. The van der Waals surface area contributed by atoms with Crippen molar-refractivity contribution in [1.29, 1.82) is 0 Å². The van der Waals surface area contributed by atoms with E-state index >= 15 is 0 Å². The maximum atomic E-state index is 12.1. The van der Waals surface area contributed by atoms with Crippen LogP contribution >= 0.6 is 0 Å². The highest BCUT2D eigenvalue weighted by atomic mass is 16.6. The first kappa shape index (κ1) is 13.1. The van der Waals surface area contributed by atoms with E-state index in [1.54, 1.807) is 0 Å². The number of nitrogens with zero attached hydrogens (tertiary/aromatic N) is 2. The van der Waals surface area contributed by atoms with Gasteiger partial charge in [0.15, 0.2) is 0 Å². The van der Waals surface area contributed by atoms with Crippen LogP contribution in [0.4, 0.5) is 5.69 Å². The molecule has 1 amide bonds. The van der Waals surface area contributed by atoms with Crippen LogP contribution in [0.1, 0.15) is 23.3 Å². The van der Waals surface area contributed by atoms with E-state index in [-0.39, 0.29) is 17.9 Å². The van der Waals surface area contributed by atoms with E-state index in [2.05, 4.69) is 4.98 Å². The maximum Gasteiger partial charge on any atom is 0.308 e. The van der Waals surface area contributed by atoms with E-state index < -0.39 is 22.7 Å². The zero-order valence-electron chi connectivity index (χ0n) is 10.0. The fraction of sp³-hybridized carbons (Fsp3) is 0.455. The zero-order valence-corrected chi connectivity index (χ0v) is 10.0. The third-order valence-corrected chi connectivity index (χ3v) is 3.17. The molecule has 1 unspecified atom stereocenters. The molecule has 1 fully saturated rings. The number of amides is 1. The van der Waals surface area contributed by atoms with E-state index in [0.717, 1.165) is 12.3 Å². The summed E-state index contributed by atoms with van der Waals surface area (Å²) in [7, 11) is 0. The van der Waals surface area contributed by atoms with Crippen molar-refractivity contribution in [1.82, 2.24) is 9.88 Å². The third kappa shape index (κ3) is 2.72. The van der Waals surface area contributed by atoms with Crippen molar-refractivity contribution in [3.8, 4) is 0 Å². The summed E-state index contributed by atoms with van der Waals surface area (Å²) in [6.45, 7) is 0.608. The summed E-state index contributed by atoms with van der Waals surface area (Å²) in [6, 6.07) is 1.16. The van der Waals surface area contributed by atoms with Crippen LogP contribution in [-0.4, -0.2) is 44.9 Å². The molecule has 2 heterocycles. The first-order valence-corrected chi connectivity index (χ1v) is 5.84. The first-order valence-electron chi connectivity index (χ1n) is 5.84. The molecule has 102 valence electrons. The Balaban J connectivity index is 2.10. The Kier molecular flexibility index (Phi) is 3.50. The van der Waals surface area contributed by atoms with Crippen LogP contribution in [0.15, 0.2) is 12.3 Å². The van der Waals surface area contributed by atoms with Gasteiger partial charge in [-0.2, -0.15) is 0 Å². The summed E-state index contributed by atoms with van der Waals surface area (Å²) in [5.74, 6) is -1.89. The number of nitrogens with one attached hydrogen (secondary N) is 1. The van der Waals surface area contributed by atoms with Crippen LogP contribution in [0.3, 0.4) is 0 Å². The highest BCUT2D eigenvalue weighted by Gasteiger charge is 2.29. The van der Waals surface area contributed by atoms with E-state index in [0.29, 0.717) is 19.4 Å². The van der Waals surface area contributed by atoms with Crippen LogP contribution in [-0.2, 0) is 4.79 Å². The summed E-state index contributed by atoms with van der Waals surface area (Å²) in [5, 5.41) is 19.5. The number of carboxylic acids is 1. The topological polar surface area (TPSA) is 117 Å². The molecule has 0 spiro atoms. The van der Waals surface area contributed by atoms with Gasteiger partial charge in [-0.15, -0.1) is 0 Å². The average Bonchev–Trinajstić information content (AvgIpc) is 2.87. The van der Waals surface area contributed by atoms with Crippen LogP contribution in [0.2, 0.25) is 0 Å². The van der Waals surface area contributed by atoms with Crippen LogP contribution in [0.5, 0.6) is 0 Å². The van der Waals surface area contributed by atoms with E-state index in [1.807, 2.05) is 0 Å². The van der Waals surface area contributed by atoms with Crippen LogP contribution in [0.25, 0.3) is 0 Å². The molecular weight excluding hydrogens is 254 g/mol. The molecule has 0 aliphatic carbocycles. The molecule has 2 rings (SSSR count). The van der Waals surface area contributed by atoms with Crippen molar-refractivity contribution in [2.45, 2.75) is 12.8 Å². The third-order valence-electron chi connectivity index (χ3n) is 3.17. The number of carbonyl (C=O) groups excluding carboxylic acids is 1. The molecule has 1 aromatic heterocycles. The highest BCUT2D eigenvalue weighted by Crippen LogP contribution is 2.20. The molecule has 8 heteroatoms. The van der Waals surface area contributed by atoms with Gasteiger partial charge in [0.25, 0.3) is 11.6 Å². The smallest absolute Gasteiger partial charge is 0.308 e. The normalized spacial score (nSPS) is 19.2. The summed E-state index contributed by atoms with van der Waals surface area (Å²) in [4.78, 5) is 36.9. The van der Waals surface area contributed by atoms with Crippen LogP contribution in [0, 0.1) is 16.0 Å². The lowest BCUT2D eigenvalue weighted by Crippen LogP contribution is -2.42. The largest absolute Gasteiger partial charge is 0.481 e. The Labute approximate surface area is 108 Å². The Morgan fingerprint density at radius 3 is 2.84 bits per heavy atom. The standard InChI is InChI=1S/C11H13N3O5/c15-10(9-4-8(5-12-9)14(18)19)13-3-1-2-7(6-13)11(16)17/h4-5,7,12H,1-3,6H2,(H,16,17). The monoisotopic (exact) mass is 267 g/mol. The molecule has 1 aliphatic heterocycles. The summed E-state index contributed by atoms with van der Waals surface area (Å²) < 4.78 is 0. The van der Waals surface area contributed by atoms with E-state index in [4.69, 9.17) is 5.11 Å². The van der Waals surface area contributed by atoms with Crippen molar-refractivity contribution in [3.05, 3.63) is 28.1 Å². The fourth-order valence-electron chi connectivity index (χ4n) is 2.15. The number of aliphatic carboxylic acids is 1. The molecule has 1 saturated heterocycles. The minimum atomic E-state index is -0.921. The van der Waals surface area contributed by atoms with Crippen molar-refractivity contribution in [3.63, 3.8) is 0 Å². The molecule has 0 aromatic carbocycles. The number of aromatic nitrogens is 1. The fourth-order valence-corrected chi connectivity index (χ4v) is 2.15. The molecular formula is C11H13N3O5. The van der Waals surface area contributed by atoms with Gasteiger partial charge in [0.1, 0.15) is 5.69 Å². The SMILES string of the molecule is O=C(O)C1CCCN(C(=O)c2cc([N+](=O)[O-])c[nH]2)C1. The van der Waals surface area contributed by atoms with Gasteiger partial charge >= 0.3 is 5.97 Å². The Morgan fingerprint density at radius 1 is 1.53 bits per heavy atom. The predicted octanol–water partition coefficient (Wildman–Crippen LogP) is 0.860. The zero-order chi connectivity index (χ0) is 14.0. The quantitative estimate of drug-likeness (QED) is 0.622. The number of hydrogen-bond donors (Lipinski definition) is 2. The van der Waals surface area contributed by atoms with Crippen molar-refractivity contribution in [2.75, 3.05) is 13.1 Å². The minimum Gasteiger partial charge on any atom is -0.481 e. The average molecular weight is 267 g/mol. The molecule has 0 saturated carbocycles. The highest BCUT2D eigenvalue weighted by molar-refractivity contribution is 5.93. The second-order valence-electron chi connectivity index (χ2n) is 4.46. The van der Waals surface area contributed by atoms with Gasteiger partial charge in [0, 0.05) is 19.2 Å². The molecule has 2 N–H and O–H groups in total. The first-order chi connectivity index (χ1) is 8.99. The molecule has 8 nitrogen and oxygen atoms in total. The summed E-state index contributed by atoms with van der Waals surface area (Å²) in [6.07, 6.45) is 2.31. The van der Waals surface area contributed by atoms with Gasteiger partial charge in [-0.25, -0.2) is 0 Å². The molecule has 1 atom stereocenters. The number of H-pyrrole nitrogens is 1. The van der Waals surface area contributed by atoms with Crippen molar-refractivity contribution < 1.29 is 19.6 Å². The number of nitro groups is 1. The number of hydrogen-bond acceptors (Lipinski definition) is 4. The second-order valence-corrected chi connectivity index (χ2v) is 4.46. The lowest BCUT2D eigenvalue weighted by molar-refractivity contribution is -0.384.